The molecule has 1 aliphatic rings. The molecule has 1 aromatic heterocycles. The summed E-state index contributed by atoms with van der Waals surface area (Å²) < 4.78 is 0. The van der Waals surface area contributed by atoms with Gasteiger partial charge in [-0.25, -0.2) is 0 Å². The largest absolute Gasteiger partial charge is 0.480 e. The Morgan fingerprint density at radius 2 is 1.70 bits per heavy atom. The van der Waals surface area contributed by atoms with Crippen molar-refractivity contribution in [3.8, 4) is 0 Å². The predicted molar refractivity (Wildman–Crippen MR) is 77.9 cm³/mol. The van der Waals surface area contributed by atoms with E-state index in [1.165, 1.54) is 0 Å². The number of hydrogen-bond acceptors (Lipinski definition) is 8. The average molecular weight is 319 g/mol. The number of amides is 2. The van der Waals surface area contributed by atoms with Crippen molar-refractivity contribution in [1.29, 1.82) is 0 Å². The third kappa shape index (κ3) is 4.77. The molecule has 11 nitrogen and oxygen atoms in total. The number of nitrogens with one attached hydrogen (secondary N) is 4. The molecule has 11 heteroatoms. The highest BCUT2D eigenvalue weighted by molar-refractivity contribution is 6.42. The molecule has 2 heterocycles. The highest BCUT2D eigenvalue weighted by Gasteiger charge is 2.19. The molecule has 1 aromatic rings. The number of rotatable bonds is 6. The van der Waals surface area contributed by atoms with Crippen LogP contribution >= 0.6 is 0 Å². The first-order valence-electron chi connectivity index (χ1n) is 6.42. The van der Waals surface area contributed by atoms with Gasteiger partial charge in [0.1, 0.15) is 6.54 Å². The fourth-order valence-electron chi connectivity index (χ4n) is 1.47. The standard InChI is InChI=1S/C12H13N7O4/c20-8(21)6-15-12(23)10-18-16-9(17-19-10)11(22)14-5-7-3-1-2-4-13-7/h1-4H,5-6H2,(H,14,22)(H,15,23)(H,16,17)(H,18,19)(H,20,21). The number of aliphatic carboxylic acids is 1. The van der Waals surface area contributed by atoms with Crippen LogP contribution in [-0.4, -0.2) is 46.1 Å². The van der Waals surface area contributed by atoms with Crippen LogP contribution in [-0.2, 0) is 20.9 Å². The van der Waals surface area contributed by atoms with E-state index in [1.54, 1.807) is 24.4 Å². The van der Waals surface area contributed by atoms with Gasteiger partial charge < -0.3 is 15.7 Å². The van der Waals surface area contributed by atoms with Gasteiger partial charge in [-0.15, -0.1) is 10.2 Å². The number of amidine groups is 2. The number of hydrogen-bond donors (Lipinski definition) is 5. The van der Waals surface area contributed by atoms with E-state index in [2.05, 4.69) is 36.7 Å². The number of nitrogens with zero attached hydrogens (tertiary/aromatic N) is 3. The lowest BCUT2D eigenvalue weighted by atomic mass is 10.3. The van der Waals surface area contributed by atoms with Gasteiger partial charge in [-0.1, -0.05) is 6.07 Å². The number of carboxylic acid groups (broad SMARTS) is 1. The molecule has 0 atom stereocenters. The van der Waals surface area contributed by atoms with E-state index < -0.39 is 24.3 Å². The summed E-state index contributed by atoms with van der Waals surface area (Å²) in [5.74, 6) is -2.91. The molecular weight excluding hydrogens is 306 g/mol. The quantitative estimate of drug-likeness (QED) is 0.395. The second-order valence-electron chi connectivity index (χ2n) is 4.22. The molecule has 0 spiro atoms. The Kier molecular flexibility index (Phi) is 5.17. The molecule has 0 bridgehead atoms. The van der Waals surface area contributed by atoms with Crippen molar-refractivity contribution in [1.82, 2.24) is 26.5 Å². The third-order valence-electron chi connectivity index (χ3n) is 2.53. The van der Waals surface area contributed by atoms with E-state index in [0.717, 1.165) is 0 Å². The zero-order valence-electron chi connectivity index (χ0n) is 11.7. The minimum Gasteiger partial charge on any atom is -0.480 e. The van der Waals surface area contributed by atoms with Gasteiger partial charge in [-0.2, -0.15) is 0 Å². The molecule has 2 rings (SSSR count). The van der Waals surface area contributed by atoms with Crippen molar-refractivity contribution in [2.75, 3.05) is 6.54 Å². The van der Waals surface area contributed by atoms with E-state index >= 15 is 0 Å². The zero-order chi connectivity index (χ0) is 16.7. The van der Waals surface area contributed by atoms with E-state index in [4.69, 9.17) is 5.11 Å². The van der Waals surface area contributed by atoms with Gasteiger partial charge in [0.05, 0.1) is 12.2 Å². The Hall–Kier alpha value is -3.50. The molecule has 0 fully saturated rings. The summed E-state index contributed by atoms with van der Waals surface area (Å²) in [5.41, 5.74) is 5.24. The van der Waals surface area contributed by atoms with Crippen molar-refractivity contribution in [2.24, 2.45) is 10.2 Å². The summed E-state index contributed by atoms with van der Waals surface area (Å²) in [6.07, 6.45) is 1.60. The molecule has 0 aliphatic carbocycles. The Morgan fingerprint density at radius 3 is 2.22 bits per heavy atom. The van der Waals surface area contributed by atoms with Crippen LogP contribution in [0.15, 0.2) is 34.6 Å². The van der Waals surface area contributed by atoms with Crippen LogP contribution in [0.25, 0.3) is 0 Å². The molecule has 1 aliphatic heterocycles. The summed E-state index contributed by atoms with van der Waals surface area (Å²) in [5, 5.41) is 20.4. The lowest BCUT2D eigenvalue weighted by Crippen LogP contribution is -2.48. The van der Waals surface area contributed by atoms with Crippen molar-refractivity contribution in [2.45, 2.75) is 6.54 Å². The average Bonchev–Trinajstić information content (AvgIpc) is 2.58. The molecular formula is C12H13N7O4. The van der Waals surface area contributed by atoms with Gasteiger partial charge >= 0.3 is 5.97 Å². The molecule has 0 saturated carbocycles. The van der Waals surface area contributed by atoms with E-state index in [9.17, 15) is 14.4 Å². The van der Waals surface area contributed by atoms with Crippen LogP contribution in [0.1, 0.15) is 5.69 Å². The van der Waals surface area contributed by atoms with Crippen molar-refractivity contribution >= 4 is 29.5 Å². The predicted octanol–water partition coefficient (Wildman–Crippen LogP) is -2.28. The molecule has 120 valence electrons. The van der Waals surface area contributed by atoms with E-state index in [0.29, 0.717) is 5.69 Å². The van der Waals surface area contributed by atoms with Crippen LogP contribution < -0.4 is 21.5 Å². The summed E-state index contributed by atoms with van der Waals surface area (Å²) in [7, 11) is 0. The highest BCUT2D eigenvalue weighted by atomic mass is 16.4. The summed E-state index contributed by atoms with van der Waals surface area (Å²) >= 11 is 0. The molecule has 0 saturated heterocycles. The molecule has 0 radical (unpaired) electrons. The van der Waals surface area contributed by atoms with Gasteiger partial charge in [0, 0.05) is 6.20 Å². The Balaban J connectivity index is 1.81. The SMILES string of the molecule is O=C(O)CNC(=O)C1=NNC(C(=O)NCc2ccccn2)=NN1. The van der Waals surface area contributed by atoms with Crippen molar-refractivity contribution < 1.29 is 19.5 Å². The zero-order valence-corrected chi connectivity index (χ0v) is 11.7. The summed E-state index contributed by atoms with van der Waals surface area (Å²) in [4.78, 5) is 37.7. The number of carbonyl (C=O) groups is 3. The summed E-state index contributed by atoms with van der Waals surface area (Å²) in [6, 6.07) is 5.30. The van der Waals surface area contributed by atoms with Gasteiger partial charge in [0.15, 0.2) is 0 Å². The van der Waals surface area contributed by atoms with Gasteiger partial charge in [0.2, 0.25) is 11.7 Å². The smallest absolute Gasteiger partial charge is 0.322 e. The number of hydrazone groups is 2. The maximum absolute atomic E-state index is 11.8. The van der Waals surface area contributed by atoms with E-state index in [1.807, 2.05) is 0 Å². The maximum Gasteiger partial charge on any atom is 0.322 e. The lowest BCUT2D eigenvalue weighted by molar-refractivity contribution is -0.137. The van der Waals surface area contributed by atoms with Crippen LogP contribution in [0.2, 0.25) is 0 Å². The number of carbonyl (C=O) groups excluding carboxylic acids is 2. The minimum atomic E-state index is -1.19. The first-order chi connectivity index (χ1) is 11.1. The molecule has 5 N–H and O–H groups in total. The molecule has 0 aromatic carbocycles. The molecule has 0 unspecified atom stereocenters. The molecule has 2 amide bonds. The second-order valence-corrected chi connectivity index (χ2v) is 4.22. The van der Waals surface area contributed by atoms with Crippen molar-refractivity contribution in [3.05, 3.63) is 30.1 Å². The first kappa shape index (κ1) is 15.9. The van der Waals surface area contributed by atoms with Crippen molar-refractivity contribution in [3.63, 3.8) is 0 Å². The number of aromatic nitrogens is 1. The van der Waals surface area contributed by atoms with Crippen LogP contribution in [0.3, 0.4) is 0 Å². The van der Waals surface area contributed by atoms with Gasteiger partial charge in [-0.3, -0.25) is 30.2 Å². The summed E-state index contributed by atoms with van der Waals surface area (Å²) in [6.45, 7) is -0.350. The number of pyridine rings is 1. The Bertz CT molecular complexity index is 671. The van der Waals surface area contributed by atoms with Crippen LogP contribution in [0, 0.1) is 0 Å². The van der Waals surface area contributed by atoms with Gasteiger partial charge in [0.25, 0.3) is 11.8 Å². The fraction of sp³-hybridized carbons (Fsp3) is 0.167. The Labute approximate surface area is 129 Å². The maximum atomic E-state index is 11.8. The van der Waals surface area contributed by atoms with E-state index in [-0.39, 0.29) is 18.2 Å². The minimum absolute atomic E-state index is 0.143. The molecule has 23 heavy (non-hydrogen) atoms. The topological polar surface area (TPSA) is 157 Å². The second kappa shape index (κ2) is 7.49. The Morgan fingerprint density at radius 1 is 1.04 bits per heavy atom. The van der Waals surface area contributed by atoms with Crippen LogP contribution in [0.5, 0.6) is 0 Å². The highest BCUT2D eigenvalue weighted by Crippen LogP contribution is 1.92. The lowest BCUT2D eigenvalue weighted by Gasteiger charge is -2.13. The normalized spacial score (nSPS) is 12.9. The number of carboxylic acids is 1. The first-order valence-corrected chi connectivity index (χ1v) is 6.42. The third-order valence-corrected chi connectivity index (χ3v) is 2.53. The van der Waals surface area contributed by atoms with Crippen LogP contribution in [0.4, 0.5) is 0 Å². The van der Waals surface area contributed by atoms with Gasteiger partial charge in [-0.05, 0) is 12.1 Å². The fourth-order valence-corrected chi connectivity index (χ4v) is 1.47. The monoisotopic (exact) mass is 319 g/mol.